The lowest BCUT2D eigenvalue weighted by molar-refractivity contribution is -0.309. The third kappa shape index (κ3) is 1.66. The zero-order valence-corrected chi connectivity index (χ0v) is 15.5. The number of rotatable bonds is 3. The van der Waals surface area contributed by atoms with Crippen molar-refractivity contribution in [1.82, 2.24) is 4.90 Å². The summed E-state index contributed by atoms with van der Waals surface area (Å²) >= 11 is 0. The van der Waals surface area contributed by atoms with Gasteiger partial charge in [-0.15, -0.1) is 6.58 Å². The molecule has 0 radical (unpaired) electrons. The summed E-state index contributed by atoms with van der Waals surface area (Å²) < 4.78 is 12.0. The van der Waals surface area contributed by atoms with Gasteiger partial charge in [-0.3, -0.25) is 4.90 Å². The van der Waals surface area contributed by atoms with Crippen molar-refractivity contribution in [1.29, 1.82) is 0 Å². The van der Waals surface area contributed by atoms with Gasteiger partial charge in [0.2, 0.25) is 5.79 Å². The van der Waals surface area contributed by atoms with Gasteiger partial charge in [-0.05, 0) is 43.9 Å². The fourth-order valence-electron chi connectivity index (χ4n) is 6.35. The molecule has 4 aliphatic rings. The van der Waals surface area contributed by atoms with Crippen molar-refractivity contribution in [3.8, 4) is 5.75 Å². The summed E-state index contributed by atoms with van der Waals surface area (Å²) in [4.78, 5) is 2.34. The SMILES string of the molecule is C=CCN1CC[C@]23c4c5ccc(C)c4O[C@H]2C(O)(OC)CC[C@@]3(O)C1C5. The van der Waals surface area contributed by atoms with Crippen LogP contribution >= 0.6 is 0 Å². The van der Waals surface area contributed by atoms with Crippen LogP contribution in [0.15, 0.2) is 24.8 Å². The Hall–Kier alpha value is -1.40. The van der Waals surface area contributed by atoms with Crippen LogP contribution in [0.1, 0.15) is 36.0 Å². The Bertz CT molecular complexity index is 794. The molecule has 140 valence electrons. The molecular formula is C21H27NO4. The van der Waals surface area contributed by atoms with E-state index in [-0.39, 0.29) is 6.04 Å². The number of hydrogen-bond acceptors (Lipinski definition) is 5. The van der Waals surface area contributed by atoms with E-state index in [9.17, 15) is 10.2 Å². The van der Waals surface area contributed by atoms with Gasteiger partial charge in [0.15, 0.2) is 6.10 Å². The van der Waals surface area contributed by atoms with E-state index in [2.05, 4.69) is 23.6 Å². The molecule has 2 aliphatic carbocycles. The van der Waals surface area contributed by atoms with E-state index in [1.807, 2.05) is 13.0 Å². The molecule has 1 saturated carbocycles. The number of methoxy groups -OCH3 is 1. The highest BCUT2D eigenvalue weighted by Gasteiger charge is 2.75. The van der Waals surface area contributed by atoms with Gasteiger partial charge in [-0.2, -0.15) is 0 Å². The standard InChI is InChI=1S/C21H27NO4/c1-4-10-22-11-9-19-16-14-6-5-13(2)17(16)26-18(19)21(24,25-3)8-7-20(19,23)15(22)12-14/h4-6,15,18,23-24H,1,7-12H2,2-3H3/t15?,18-,19+,20-,21?/m1/s1. The molecule has 26 heavy (non-hydrogen) atoms. The molecule has 0 amide bonds. The average Bonchev–Trinajstić information content (AvgIpc) is 2.99. The Morgan fingerprint density at radius 2 is 2.15 bits per heavy atom. The molecule has 2 heterocycles. The molecule has 5 nitrogen and oxygen atoms in total. The van der Waals surface area contributed by atoms with E-state index in [1.54, 1.807) is 0 Å². The van der Waals surface area contributed by atoms with E-state index in [0.717, 1.165) is 42.8 Å². The normalized spacial score (nSPS) is 42.9. The molecule has 5 rings (SSSR count). The van der Waals surface area contributed by atoms with Crippen LogP contribution in [-0.4, -0.2) is 58.8 Å². The molecule has 0 aromatic heterocycles. The fraction of sp³-hybridized carbons (Fsp3) is 0.619. The summed E-state index contributed by atoms with van der Waals surface area (Å²) in [5.74, 6) is -0.531. The van der Waals surface area contributed by atoms with Gasteiger partial charge in [-0.1, -0.05) is 18.2 Å². The summed E-state index contributed by atoms with van der Waals surface area (Å²) in [6.07, 6.45) is 3.75. The molecule has 2 fully saturated rings. The third-order valence-electron chi connectivity index (χ3n) is 7.53. The van der Waals surface area contributed by atoms with Crippen LogP contribution in [0.4, 0.5) is 0 Å². The lowest BCUT2D eigenvalue weighted by Gasteiger charge is -2.65. The van der Waals surface area contributed by atoms with Crippen LogP contribution in [0.3, 0.4) is 0 Å². The Kier molecular flexibility index (Phi) is 3.29. The highest BCUT2D eigenvalue weighted by molar-refractivity contribution is 5.60. The van der Waals surface area contributed by atoms with Crippen molar-refractivity contribution in [2.75, 3.05) is 20.2 Å². The third-order valence-corrected chi connectivity index (χ3v) is 7.53. The molecule has 1 aromatic carbocycles. The molecule has 2 bridgehead atoms. The fourth-order valence-corrected chi connectivity index (χ4v) is 6.35. The first-order valence-electron chi connectivity index (χ1n) is 9.56. The molecule has 2 unspecified atom stereocenters. The predicted octanol–water partition coefficient (Wildman–Crippen LogP) is 1.67. The van der Waals surface area contributed by atoms with Gasteiger partial charge in [0.1, 0.15) is 5.75 Å². The van der Waals surface area contributed by atoms with Crippen molar-refractivity contribution in [2.24, 2.45) is 0 Å². The lowest BCUT2D eigenvalue weighted by atomic mass is 9.48. The predicted molar refractivity (Wildman–Crippen MR) is 97.3 cm³/mol. The Morgan fingerprint density at radius 3 is 2.88 bits per heavy atom. The van der Waals surface area contributed by atoms with Gasteiger partial charge < -0.3 is 19.7 Å². The maximum atomic E-state index is 12.1. The van der Waals surface area contributed by atoms with Gasteiger partial charge in [0.25, 0.3) is 0 Å². The van der Waals surface area contributed by atoms with Gasteiger partial charge in [0, 0.05) is 31.7 Å². The Morgan fingerprint density at radius 1 is 1.35 bits per heavy atom. The van der Waals surface area contributed by atoms with Crippen LogP contribution in [0.2, 0.25) is 0 Å². The number of piperidine rings is 1. The van der Waals surface area contributed by atoms with Crippen molar-refractivity contribution >= 4 is 0 Å². The Labute approximate surface area is 154 Å². The summed E-state index contributed by atoms with van der Waals surface area (Å²) in [6.45, 7) is 7.54. The average molecular weight is 357 g/mol. The van der Waals surface area contributed by atoms with Gasteiger partial charge in [-0.25, -0.2) is 0 Å². The smallest absolute Gasteiger partial charge is 0.204 e. The van der Waals surface area contributed by atoms with Crippen LogP contribution in [0, 0.1) is 6.92 Å². The van der Waals surface area contributed by atoms with E-state index in [4.69, 9.17) is 9.47 Å². The number of aryl methyl sites for hydroxylation is 1. The number of likely N-dealkylation sites (tertiary alicyclic amines) is 1. The molecule has 5 atom stereocenters. The lowest BCUT2D eigenvalue weighted by Crippen LogP contribution is -2.79. The molecule has 2 N–H and O–H groups in total. The first kappa shape index (κ1) is 16.8. The zero-order valence-electron chi connectivity index (χ0n) is 15.5. The molecule has 5 heteroatoms. The number of benzene rings is 1. The monoisotopic (exact) mass is 357 g/mol. The van der Waals surface area contributed by atoms with E-state index >= 15 is 0 Å². The van der Waals surface area contributed by atoms with E-state index < -0.39 is 22.9 Å². The summed E-state index contributed by atoms with van der Waals surface area (Å²) in [5, 5.41) is 23.4. The maximum absolute atomic E-state index is 12.1. The van der Waals surface area contributed by atoms with Gasteiger partial charge >= 0.3 is 0 Å². The minimum absolute atomic E-state index is 0.00270. The molecular weight excluding hydrogens is 330 g/mol. The molecule has 2 aliphatic heterocycles. The molecule has 1 saturated heterocycles. The van der Waals surface area contributed by atoms with Crippen LogP contribution < -0.4 is 4.74 Å². The second-order valence-electron chi connectivity index (χ2n) is 8.44. The Balaban J connectivity index is 1.79. The summed E-state index contributed by atoms with van der Waals surface area (Å²) in [7, 11) is 1.54. The zero-order chi connectivity index (χ0) is 18.3. The number of hydrogen-bond donors (Lipinski definition) is 2. The van der Waals surface area contributed by atoms with Crippen molar-refractivity contribution in [2.45, 2.75) is 61.6 Å². The first-order valence-corrected chi connectivity index (χ1v) is 9.56. The van der Waals surface area contributed by atoms with Crippen molar-refractivity contribution in [3.63, 3.8) is 0 Å². The summed E-state index contributed by atoms with van der Waals surface area (Å²) in [6, 6.07) is 4.26. The van der Waals surface area contributed by atoms with Crippen LogP contribution in [0.5, 0.6) is 5.75 Å². The number of nitrogens with zero attached hydrogens (tertiary/aromatic N) is 1. The number of aliphatic hydroxyl groups is 2. The second-order valence-corrected chi connectivity index (χ2v) is 8.44. The summed E-state index contributed by atoms with van der Waals surface area (Å²) in [5.41, 5.74) is 1.86. The molecule has 1 aromatic rings. The first-order chi connectivity index (χ1) is 12.4. The van der Waals surface area contributed by atoms with Crippen LogP contribution in [-0.2, 0) is 16.6 Å². The number of ether oxygens (including phenoxy) is 2. The topological polar surface area (TPSA) is 62.2 Å². The molecule has 1 spiro atoms. The second kappa shape index (κ2) is 5.10. The highest BCUT2D eigenvalue weighted by Crippen LogP contribution is 2.66. The van der Waals surface area contributed by atoms with Gasteiger partial charge in [0.05, 0.1) is 11.0 Å². The van der Waals surface area contributed by atoms with Crippen molar-refractivity contribution < 1.29 is 19.7 Å². The van der Waals surface area contributed by atoms with E-state index in [1.165, 1.54) is 12.7 Å². The van der Waals surface area contributed by atoms with Crippen molar-refractivity contribution in [3.05, 3.63) is 41.5 Å². The quantitative estimate of drug-likeness (QED) is 0.637. The minimum atomic E-state index is -1.38. The highest BCUT2D eigenvalue weighted by atomic mass is 16.6. The largest absolute Gasteiger partial charge is 0.483 e. The van der Waals surface area contributed by atoms with Crippen LogP contribution in [0.25, 0.3) is 0 Å². The minimum Gasteiger partial charge on any atom is -0.483 e. The van der Waals surface area contributed by atoms with E-state index in [0.29, 0.717) is 12.8 Å². The maximum Gasteiger partial charge on any atom is 0.204 e.